The number of amides is 3. The molecule has 8 heteroatoms. The molecule has 0 bridgehead atoms. The summed E-state index contributed by atoms with van der Waals surface area (Å²) in [6.07, 6.45) is -0.823. The van der Waals surface area contributed by atoms with Gasteiger partial charge in [0.1, 0.15) is 17.7 Å². The van der Waals surface area contributed by atoms with Crippen molar-refractivity contribution in [2.75, 3.05) is 6.61 Å². The number of nitrogens with zero attached hydrogens (tertiary/aromatic N) is 1. The summed E-state index contributed by atoms with van der Waals surface area (Å²) in [5.74, 6) is -0.938. The fraction of sp³-hybridized carbons (Fsp3) is 0.609. The summed E-state index contributed by atoms with van der Waals surface area (Å²) < 4.78 is 5.22. The van der Waals surface area contributed by atoms with Crippen LogP contribution in [0.4, 0.5) is 4.79 Å². The number of benzene rings is 1. The lowest BCUT2D eigenvalue weighted by atomic mass is 9.95. The van der Waals surface area contributed by atoms with Gasteiger partial charge in [0.2, 0.25) is 11.8 Å². The molecule has 0 aromatic heterocycles. The number of hydrogen-bond donors (Lipinski definition) is 3. The summed E-state index contributed by atoms with van der Waals surface area (Å²) in [4.78, 5) is 40.4. The molecule has 3 N–H and O–H groups in total. The first-order valence-electron chi connectivity index (χ1n) is 10.5. The number of ether oxygens (including phenoxy) is 1. The molecule has 0 saturated heterocycles. The molecular weight excluding hydrogens is 398 g/mol. The minimum atomic E-state index is -1.27. The zero-order chi connectivity index (χ0) is 24.0. The largest absolute Gasteiger partial charge is 0.444 e. The minimum Gasteiger partial charge on any atom is -0.444 e. The maximum atomic E-state index is 13.5. The zero-order valence-corrected chi connectivity index (χ0v) is 19.9. The van der Waals surface area contributed by atoms with E-state index in [1.807, 2.05) is 19.9 Å². The predicted octanol–water partition coefficient (Wildman–Crippen LogP) is 2.77. The van der Waals surface area contributed by atoms with Crippen molar-refractivity contribution < 1.29 is 24.2 Å². The normalized spacial score (nSPS) is 13.9. The average molecular weight is 436 g/mol. The van der Waals surface area contributed by atoms with Crippen LogP contribution in [0.1, 0.15) is 67.0 Å². The summed E-state index contributed by atoms with van der Waals surface area (Å²) in [6.45, 7) is 13.5. The number of hydrogen-bond acceptors (Lipinski definition) is 5. The SMILES string of the molecule is CC(C)NC(=O)C(c1ccccc1)N(C(=O)C(CO)NC(=O)OC(C)(C)C)C(C)(C)C. The molecule has 0 aliphatic rings. The summed E-state index contributed by atoms with van der Waals surface area (Å²) in [5.41, 5.74) is -0.937. The van der Waals surface area contributed by atoms with Crippen LogP contribution in [0, 0.1) is 0 Å². The monoisotopic (exact) mass is 435 g/mol. The first-order chi connectivity index (χ1) is 14.2. The standard InChI is InChI=1S/C23H37N3O5/c1-15(2)24-19(28)18(16-12-10-9-11-13-16)26(22(3,4)5)20(29)17(14-27)25-21(30)31-23(6,7)8/h9-13,15,17-18,27H,14H2,1-8H3,(H,24,28)(H,25,30). The molecule has 0 heterocycles. The molecule has 3 amide bonds. The van der Waals surface area contributed by atoms with E-state index in [0.29, 0.717) is 5.56 Å². The summed E-state index contributed by atoms with van der Waals surface area (Å²) in [7, 11) is 0. The van der Waals surface area contributed by atoms with Crippen LogP contribution in [0.15, 0.2) is 30.3 Å². The fourth-order valence-corrected chi connectivity index (χ4v) is 3.06. The third-order valence-electron chi connectivity index (χ3n) is 4.18. The molecule has 0 fully saturated rings. The van der Waals surface area contributed by atoms with Crippen molar-refractivity contribution in [2.24, 2.45) is 0 Å². The van der Waals surface area contributed by atoms with E-state index < -0.39 is 41.8 Å². The van der Waals surface area contributed by atoms with Crippen LogP contribution in [0.25, 0.3) is 0 Å². The van der Waals surface area contributed by atoms with Gasteiger partial charge < -0.3 is 25.4 Å². The maximum Gasteiger partial charge on any atom is 0.408 e. The van der Waals surface area contributed by atoms with Gasteiger partial charge in [0.25, 0.3) is 0 Å². The highest BCUT2D eigenvalue weighted by Crippen LogP contribution is 2.30. The third kappa shape index (κ3) is 8.20. The van der Waals surface area contributed by atoms with Crippen LogP contribution in [0.5, 0.6) is 0 Å². The first kappa shape index (κ1) is 26.4. The Hall–Kier alpha value is -2.61. The van der Waals surface area contributed by atoms with E-state index in [9.17, 15) is 19.5 Å². The minimum absolute atomic E-state index is 0.135. The van der Waals surface area contributed by atoms with Crippen molar-refractivity contribution in [2.45, 2.75) is 84.7 Å². The van der Waals surface area contributed by atoms with Crippen molar-refractivity contribution >= 4 is 17.9 Å². The molecule has 0 saturated carbocycles. The van der Waals surface area contributed by atoms with Crippen LogP contribution >= 0.6 is 0 Å². The number of nitrogens with one attached hydrogen (secondary N) is 2. The number of carbonyl (C=O) groups excluding carboxylic acids is 3. The Labute approximate surface area is 185 Å². The van der Waals surface area contributed by atoms with Crippen molar-refractivity contribution in [3.05, 3.63) is 35.9 Å². The number of rotatable bonds is 7. The molecule has 8 nitrogen and oxygen atoms in total. The second-order valence-corrected chi connectivity index (χ2v) is 9.74. The van der Waals surface area contributed by atoms with E-state index in [-0.39, 0.29) is 11.9 Å². The molecule has 0 spiro atoms. The summed E-state index contributed by atoms with van der Waals surface area (Å²) >= 11 is 0. The van der Waals surface area contributed by atoms with Gasteiger partial charge in [-0.05, 0) is 61.0 Å². The van der Waals surface area contributed by atoms with E-state index >= 15 is 0 Å². The molecule has 1 rings (SSSR count). The molecule has 1 aromatic carbocycles. The van der Waals surface area contributed by atoms with Crippen LogP contribution < -0.4 is 10.6 Å². The quantitative estimate of drug-likeness (QED) is 0.610. The average Bonchev–Trinajstić information content (AvgIpc) is 2.61. The predicted molar refractivity (Wildman–Crippen MR) is 119 cm³/mol. The number of aliphatic hydroxyl groups is 1. The topological polar surface area (TPSA) is 108 Å². The second-order valence-electron chi connectivity index (χ2n) is 9.74. The Morgan fingerprint density at radius 1 is 1.00 bits per heavy atom. The Kier molecular flexibility index (Phi) is 9.05. The molecular formula is C23H37N3O5. The number of carbonyl (C=O) groups is 3. The van der Waals surface area contributed by atoms with Crippen molar-refractivity contribution in [3.8, 4) is 0 Å². The molecule has 2 atom stereocenters. The van der Waals surface area contributed by atoms with Crippen LogP contribution in [-0.2, 0) is 14.3 Å². The number of aliphatic hydroxyl groups excluding tert-OH is 1. The second kappa shape index (κ2) is 10.6. The van der Waals surface area contributed by atoms with E-state index in [0.717, 1.165) is 0 Å². The highest BCUT2D eigenvalue weighted by Gasteiger charge is 2.41. The first-order valence-corrected chi connectivity index (χ1v) is 10.5. The maximum absolute atomic E-state index is 13.5. The molecule has 174 valence electrons. The Bertz CT molecular complexity index is 751. The Balaban J connectivity index is 3.38. The zero-order valence-electron chi connectivity index (χ0n) is 19.9. The van der Waals surface area contributed by atoms with E-state index in [1.165, 1.54) is 4.90 Å². The Morgan fingerprint density at radius 2 is 1.55 bits per heavy atom. The lowest BCUT2D eigenvalue weighted by Gasteiger charge is -2.43. The third-order valence-corrected chi connectivity index (χ3v) is 4.18. The van der Waals surface area contributed by atoms with E-state index in [1.54, 1.807) is 65.8 Å². The van der Waals surface area contributed by atoms with Crippen molar-refractivity contribution in [3.63, 3.8) is 0 Å². The van der Waals surface area contributed by atoms with Crippen LogP contribution in [0.2, 0.25) is 0 Å². The Morgan fingerprint density at radius 3 is 1.97 bits per heavy atom. The van der Waals surface area contributed by atoms with Gasteiger partial charge in [-0.15, -0.1) is 0 Å². The number of alkyl carbamates (subject to hydrolysis) is 1. The summed E-state index contributed by atoms with van der Waals surface area (Å²) in [5, 5.41) is 15.2. The molecule has 0 aliphatic heterocycles. The van der Waals surface area contributed by atoms with Gasteiger partial charge in [0, 0.05) is 11.6 Å². The molecule has 1 aromatic rings. The van der Waals surface area contributed by atoms with Gasteiger partial charge in [-0.3, -0.25) is 9.59 Å². The van der Waals surface area contributed by atoms with Gasteiger partial charge in [-0.25, -0.2) is 4.79 Å². The van der Waals surface area contributed by atoms with Crippen LogP contribution in [0.3, 0.4) is 0 Å². The molecule has 2 unspecified atom stereocenters. The smallest absolute Gasteiger partial charge is 0.408 e. The fourth-order valence-electron chi connectivity index (χ4n) is 3.06. The molecule has 0 radical (unpaired) electrons. The van der Waals surface area contributed by atoms with E-state index in [4.69, 9.17) is 4.74 Å². The van der Waals surface area contributed by atoms with Crippen molar-refractivity contribution in [1.82, 2.24) is 15.5 Å². The molecule has 0 aliphatic carbocycles. The van der Waals surface area contributed by atoms with Crippen LogP contribution in [-0.4, -0.2) is 57.7 Å². The summed E-state index contributed by atoms with van der Waals surface area (Å²) in [6, 6.07) is 6.59. The lowest BCUT2D eigenvalue weighted by molar-refractivity contribution is -0.149. The van der Waals surface area contributed by atoms with Gasteiger partial charge in [0.15, 0.2) is 0 Å². The van der Waals surface area contributed by atoms with Gasteiger partial charge in [-0.1, -0.05) is 30.3 Å². The highest BCUT2D eigenvalue weighted by atomic mass is 16.6. The lowest BCUT2D eigenvalue weighted by Crippen LogP contribution is -2.59. The van der Waals surface area contributed by atoms with Gasteiger partial charge in [-0.2, -0.15) is 0 Å². The molecule has 31 heavy (non-hydrogen) atoms. The van der Waals surface area contributed by atoms with Crippen molar-refractivity contribution in [1.29, 1.82) is 0 Å². The van der Waals surface area contributed by atoms with Gasteiger partial charge >= 0.3 is 6.09 Å². The van der Waals surface area contributed by atoms with Gasteiger partial charge in [0.05, 0.1) is 6.61 Å². The van der Waals surface area contributed by atoms with E-state index in [2.05, 4.69) is 10.6 Å². The highest BCUT2D eigenvalue weighted by molar-refractivity contribution is 5.92.